The Morgan fingerprint density at radius 2 is 1.66 bits per heavy atom. The third-order valence-electron chi connectivity index (χ3n) is 5.69. The van der Waals surface area contributed by atoms with Crippen molar-refractivity contribution >= 4 is 22.8 Å². The highest BCUT2D eigenvalue weighted by Crippen LogP contribution is 2.38. The number of aryl methyl sites for hydroxylation is 1. The molecular formula is C24H24F2N8O. The minimum atomic E-state index is -1.19. The van der Waals surface area contributed by atoms with Crippen LogP contribution in [0.5, 0.6) is 0 Å². The number of nitriles is 2. The zero-order valence-electron chi connectivity index (χ0n) is 19.4. The van der Waals surface area contributed by atoms with Gasteiger partial charge in [-0.05, 0) is 43.0 Å². The molecule has 1 aliphatic carbocycles. The first-order chi connectivity index (χ1) is 16.4. The second-order valence-corrected chi connectivity index (χ2v) is 8.88. The maximum atomic E-state index is 12.8. The van der Waals surface area contributed by atoms with E-state index in [1.165, 1.54) is 12.1 Å². The average molecular weight is 479 g/mol. The molecule has 0 spiro atoms. The van der Waals surface area contributed by atoms with E-state index in [-0.39, 0.29) is 28.1 Å². The highest BCUT2D eigenvalue weighted by Gasteiger charge is 2.36. The van der Waals surface area contributed by atoms with Crippen molar-refractivity contribution in [3.8, 4) is 17.8 Å². The molecule has 9 nitrogen and oxygen atoms in total. The van der Waals surface area contributed by atoms with Gasteiger partial charge in [-0.2, -0.15) is 15.6 Å². The van der Waals surface area contributed by atoms with Gasteiger partial charge in [0.2, 0.25) is 0 Å². The monoisotopic (exact) mass is 478 g/mol. The van der Waals surface area contributed by atoms with E-state index >= 15 is 0 Å². The maximum Gasteiger partial charge on any atom is 0.184 e. The van der Waals surface area contributed by atoms with Crippen LogP contribution in [-0.4, -0.2) is 15.6 Å². The molecule has 3 aromatic rings. The van der Waals surface area contributed by atoms with Gasteiger partial charge in [-0.1, -0.05) is 13.8 Å². The number of carbonyl (C=O) groups is 1. The lowest BCUT2D eigenvalue weighted by Crippen LogP contribution is -2.28. The number of nitrogens with two attached hydrogens (primary N) is 3. The van der Waals surface area contributed by atoms with Crippen molar-refractivity contribution < 1.29 is 13.6 Å². The maximum absolute atomic E-state index is 12.8. The van der Waals surface area contributed by atoms with Crippen molar-refractivity contribution in [2.45, 2.75) is 33.6 Å². The van der Waals surface area contributed by atoms with Crippen molar-refractivity contribution in [2.75, 3.05) is 16.9 Å². The van der Waals surface area contributed by atoms with Crippen molar-refractivity contribution in [3.63, 3.8) is 0 Å². The van der Waals surface area contributed by atoms with E-state index in [0.29, 0.717) is 34.6 Å². The molecule has 35 heavy (non-hydrogen) atoms. The standard InChI is InChI=1S/C17H19N5O.C7H5F2N3/c1-9-14-12(6-17(2,3)7-13(14)23)22(21-9)11-5-4-10(8-18)15(19)16(11)20;8-6-4(3-10)1-2-5(12-11)7(6)9/h4-5H,6-7,19-20H2,1-3H3;1-2,12H,11H2. The number of anilines is 3. The number of nitrogens with zero attached hydrogens (tertiary/aromatic N) is 4. The van der Waals surface area contributed by atoms with Gasteiger partial charge >= 0.3 is 0 Å². The van der Waals surface area contributed by atoms with Crippen molar-refractivity contribution in [1.82, 2.24) is 9.78 Å². The summed E-state index contributed by atoms with van der Waals surface area (Å²) in [5.74, 6) is 2.65. The number of fused-ring (bicyclic) bond motifs is 1. The Hall–Kier alpha value is -4.48. The van der Waals surface area contributed by atoms with Crippen LogP contribution in [0, 0.1) is 46.6 Å². The topological polar surface area (TPSA) is 173 Å². The summed E-state index contributed by atoms with van der Waals surface area (Å²) in [7, 11) is 0. The first-order valence-electron chi connectivity index (χ1n) is 10.5. The number of Topliss-reactive ketones (excluding diaryl/α,β-unsaturated/α-hetero) is 1. The Bertz CT molecular complexity index is 1410. The number of aromatic nitrogens is 2. The van der Waals surface area contributed by atoms with E-state index < -0.39 is 11.6 Å². The number of hydrogen-bond acceptors (Lipinski definition) is 8. The van der Waals surface area contributed by atoms with E-state index in [1.807, 2.05) is 18.4 Å². The molecule has 0 atom stereocenters. The van der Waals surface area contributed by atoms with E-state index in [9.17, 15) is 13.6 Å². The second kappa shape index (κ2) is 9.41. The number of ketones is 1. The van der Waals surface area contributed by atoms with Gasteiger partial charge in [-0.15, -0.1) is 0 Å². The molecule has 0 unspecified atom stereocenters. The summed E-state index contributed by atoms with van der Waals surface area (Å²) in [6.07, 6.45) is 1.24. The zero-order chi connectivity index (χ0) is 26.1. The Morgan fingerprint density at radius 3 is 2.26 bits per heavy atom. The summed E-state index contributed by atoms with van der Waals surface area (Å²) in [5, 5.41) is 21.9. The number of halogens is 2. The molecule has 11 heteroatoms. The van der Waals surface area contributed by atoms with Crippen molar-refractivity contribution in [2.24, 2.45) is 11.3 Å². The second-order valence-electron chi connectivity index (χ2n) is 8.88. The highest BCUT2D eigenvalue weighted by molar-refractivity contribution is 6.00. The van der Waals surface area contributed by atoms with Gasteiger partial charge in [0.05, 0.1) is 50.8 Å². The van der Waals surface area contributed by atoms with Crippen LogP contribution in [0.25, 0.3) is 5.69 Å². The van der Waals surface area contributed by atoms with Crippen LogP contribution in [0.15, 0.2) is 24.3 Å². The van der Waals surface area contributed by atoms with E-state index in [1.54, 1.807) is 16.8 Å². The van der Waals surface area contributed by atoms with Gasteiger partial charge in [0.1, 0.15) is 12.1 Å². The number of hydrazine groups is 1. The molecule has 1 heterocycles. The molecule has 0 saturated carbocycles. The van der Waals surface area contributed by atoms with Crippen molar-refractivity contribution in [1.29, 1.82) is 10.5 Å². The molecule has 0 aliphatic heterocycles. The zero-order valence-corrected chi connectivity index (χ0v) is 19.4. The number of hydrogen-bond donors (Lipinski definition) is 4. The molecule has 1 aromatic heterocycles. The summed E-state index contributed by atoms with van der Waals surface area (Å²) in [6, 6.07) is 9.21. The van der Waals surface area contributed by atoms with Gasteiger partial charge < -0.3 is 16.9 Å². The fraction of sp³-hybridized carbons (Fsp3) is 0.250. The minimum Gasteiger partial charge on any atom is -0.396 e. The number of carbonyl (C=O) groups excluding carboxylic acids is 1. The molecule has 0 fully saturated rings. The van der Waals surface area contributed by atoms with Gasteiger partial charge in [0.15, 0.2) is 17.4 Å². The minimum absolute atomic E-state index is 0.111. The summed E-state index contributed by atoms with van der Waals surface area (Å²) in [6.45, 7) is 5.96. The van der Waals surface area contributed by atoms with Gasteiger partial charge in [0, 0.05) is 6.42 Å². The number of rotatable bonds is 2. The summed E-state index contributed by atoms with van der Waals surface area (Å²) < 4.78 is 27.2. The number of benzene rings is 2. The van der Waals surface area contributed by atoms with Gasteiger partial charge in [-0.25, -0.2) is 13.5 Å². The lowest BCUT2D eigenvalue weighted by atomic mass is 9.75. The van der Waals surface area contributed by atoms with Crippen LogP contribution < -0.4 is 22.7 Å². The highest BCUT2D eigenvalue weighted by atomic mass is 19.2. The fourth-order valence-corrected chi connectivity index (χ4v) is 3.99. The number of nitrogens with one attached hydrogen (secondary N) is 1. The Morgan fingerprint density at radius 1 is 1.03 bits per heavy atom. The predicted molar refractivity (Wildman–Crippen MR) is 127 cm³/mol. The summed E-state index contributed by atoms with van der Waals surface area (Å²) >= 11 is 0. The Kier molecular flexibility index (Phi) is 6.76. The summed E-state index contributed by atoms with van der Waals surface area (Å²) in [4.78, 5) is 12.5. The van der Waals surface area contributed by atoms with Crippen LogP contribution in [-0.2, 0) is 6.42 Å². The van der Waals surface area contributed by atoms with E-state index in [2.05, 4.69) is 18.9 Å². The average Bonchev–Trinajstić information content (AvgIpc) is 3.12. The fourth-order valence-electron chi connectivity index (χ4n) is 3.99. The van der Waals surface area contributed by atoms with Crippen molar-refractivity contribution in [3.05, 3.63) is 64.0 Å². The molecule has 180 valence electrons. The largest absolute Gasteiger partial charge is 0.396 e. The summed E-state index contributed by atoms with van der Waals surface area (Å²) in [5.41, 5.74) is 17.1. The van der Waals surface area contributed by atoms with Crippen LogP contribution in [0.2, 0.25) is 0 Å². The van der Waals surface area contributed by atoms with Crippen LogP contribution in [0.4, 0.5) is 25.8 Å². The third-order valence-corrected chi connectivity index (χ3v) is 5.69. The van der Waals surface area contributed by atoms with Crippen LogP contribution >= 0.6 is 0 Å². The lowest BCUT2D eigenvalue weighted by Gasteiger charge is -2.29. The Labute approximate surface area is 200 Å². The molecule has 2 aromatic carbocycles. The smallest absolute Gasteiger partial charge is 0.184 e. The molecule has 4 rings (SSSR count). The Balaban J connectivity index is 0.000000241. The third kappa shape index (κ3) is 4.63. The molecule has 0 amide bonds. The molecule has 1 aliphatic rings. The molecule has 0 bridgehead atoms. The van der Waals surface area contributed by atoms with E-state index in [4.69, 9.17) is 27.8 Å². The van der Waals surface area contributed by atoms with Gasteiger partial charge in [0.25, 0.3) is 0 Å². The molecule has 0 radical (unpaired) electrons. The lowest BCUT2D eigenvalue weighted by molar-refractivity contribution is 0.0910. The van der Waals surface area contributed by atoms with Gasteiger partial charge in [-0.3, -0.25) is 10.6 Å². The quantitative estimate of drug-likeness (QED) is 0.246. The molecule has 0 saturated heterocycles. The predicted octanol–water partition coefficient (Wildman–Crippen LogP) is 3.49. The normalized spacial score (nSPS) is 13.7. The molecular weight excluding hydrogens is 454 g/mol. The molecule has 7 N–H and O–H groups in total. The first kappa shape index (κ1) is 25.1. The SMILES string of the molecule is Cc1nn(-c2ccc(C#N)c(N)c2N)c2c1C(=O)CC(C)(C)C2.N#Cc1ccc(NN)c(F)c1F. The van der Waals surface area contributed by atoms with E-state index in [0.717, 1.165) is 18.2 Å². The number of nitrogen functional groups attached to an aromatic ring is 3. The first-order valence-corrected chi connectivity index (χ1v) is 10.5. The van der Waals surface area contributed by atoms with Crippen LogP contribution in [0.1, 0.15) is 53.1 Å². The van der Waals surface area contributed by atoms with Crippen LogP contribution in [0.3, 0.4) is 0 Å².